The topological polar surface area (TPSA) is 66.8 Å². The van der Waals surface area contributed by atoms with Crippen LogP contribution in [0, 0.1) is 0 Å². The molecule has 0 saturated carbocycles. The van der Waals surface area contributed by atoms with Gasteiger partial charge in [-0.15, -0.1) is 0 Å². The maximum atomic E-state index is 11.2. The molecule has 4 heteroatoms. The molecule has 0 spiro atoms. The second kappa shape index (κ2) is 3.90. The van der Waals surface area contributed by atoms with Crippen molar-refractivity contribution in [3.8, 4) is 11.5 Å². The lowest BCUT2D eigenvalue weighted by atomic mass is 9.90. The van der Waals surface area contributed by atoms with Gasteiger partial charge in [-0.3, -0.25) is 4.79 Å². The third-order valence-electron chi connectivity index (χ3n) is 2.55. The molecule has 1 unspecified atom stereocenters. The van der Waals surface area contributed by atoms with Crippen LogP contribution in [-0.2, 0) is 4.79 Å². The molecule has 1 aliphatic heterocycles. The summed E-state index contributed by atoms with van der Waals surface area (Å²) in [5, 5.41) is 18.1. The van der Waals surface area contributed by atoms with Crippen LogP contribution in [0.15, 0.2) is 18.2 Å². The maximum absolute atomic E-state index is 11.2. The minimum absolute atomic E-state index is 0.00755. The standard InChI is InChI=1S/C11H12O4/c12-4-3-7-5-11(14)15-10-6-8(13)1-2-9(7)10/h1-2,6-7,12-13H,3-5H2. The SMILES string of the molecule is O=C1CC(CCO)c2ccc(O)cc2O1. The first-order valence-electron chi connectivity index (χ1n) is 4.85. The van der Waals surface area contributed by atoms with Gasteiger partial charge in [0.05, 0.1) is 6.42 Å². The van der Waals surface area contributed by atoms with Gasteiger partial charge in [0, 0.05) is 18.6 Å². The van der Waals surface area contributed by atoms with Gasteiger partial charge >= 0.3 is 5.97 Å². The van der Waals surface area contributed by atoms with E-state index in [0.717, 1.165) is 5.56 Å². The Morgan fingerprint density at radius 1 is 1.47 bits per heavy atom. The minimum Gasteiger partial charge on any atom is -0.508 e. The van der Waals surface area contributed by atoms with Gasteiger partial charge in [0.2, 0.25) is 0 Å². The Kier molecular flexibility index (Phi) is 2.60. The number of phenols is 1. The third-order valence-corrected chi connectivity index (χ3v) is 2.55. The number of esters is 1. The molecule has 1 atom stereocenters. The van der Waals surface area contributed by atoms with Crippen LogP contribution in [0.2, 0.25) is 0 Å². The number of aromatic hydroxyl groups is 1. The van der Waals surface area contributed by atoms with Crippen molar-refractivity contribution in [1.29, 1.82) is 0 Å². The molecule has 1 aliphatic rings. The highest BCUT2D eigenvalue weighted by molar-refractivity contribution is 5.76. The summed E-state index contributed by atoms with van der Waals surface area (Å²) in [6, 6.07) is 4.72. The van der Waals surface area contributed by atoms with Crippen LogP contribution in [0.3, 0.4) is 0 Å². The first-order valence-corrected chi connectivity index (χ1v) is 4.85. The molecular weight excluding hydrogens is 196 g/mol. The number of hydrogen-bond acceptors (Lipinski definition) is 4. The largest absolute Gasteiger partial charge is 0.508 e. The third kappa shape index (κ3) is 1.94. The van der Waals surface area contributed by atoms with Crippen LogP contribution in [0.4, 0.5) is 0 Å². The molecule has 80 valence electrons. The number of rotatable bonds is 2. The Morgan fingerprint density at radius 2 is 2.27 bits per heavy atom. The van der Waals surface area contributed by atoms with Crippen molar-refractivity contribution >= 4 is 5.97 Å². The lowest BCUT2D eigenvalue weighted by molar-refractivity contribution is -0.136. The Hall–Kier alpha value is -1.55. The van der Waals surface area contributed by atoms with E-state index in [2.05, 4.69) is 0 Å². The molecule has 0 fully saturated rings. The summed E-state index contributed by atoms with van der Waals surface area (Å²) in [4.78, 5) is 11.2. The Labute approximate surface area is 87.1 Å². The predicted octanol–water partition coefficient (Wildman–Crippen LogP) is 1.17. The molecule has 0 amide bonds. The second-order valence-electron chi connectivity index (χ2n) is 3.61. The number of aliphatic hydroxyl groups is 1. The Bertz CT molecular complexity index is 386. The molecule has 2 rings (SSSR count). The van der Waals surface area contributed by atoms with Gasteiger partial charge in [-0.2, -0.15) is 0 Å². The van der Waals surface area contributed by atoms with E-state index in [9.17, 15) is 9.90 Å². The summed E-state index contributed by atoms with van der Waals surface area (Å²) in [6.07, 6.45) is 0.825. The fourth-order valence-electron chi connectivity index (χ4n) is 1.84. The Balaban J connectivity index is 2.37. The smallest absolute Gasteiger partial charge is 0.311 e. The van der Waals surface area contributed by atoms with Gasteiger partial charge < -0.3 is 14.9 Å². The molecule has 4 nitrogen and oxygen atoms in total. The van der Waals surface area contributed by atoms with Gasteiger partial charge in [-0.1, -0.05) is 6.07 Å². The summed E-state index contributed by atoms with van der Waals surface area (Å²) in [5.41, 5.74) is 0.876. The number of ether oxygens (including phenoxy) is 1. The summed E-state index contributed by atoms with van der Waals surface area (Å²) in [5.74, 6) is 0.161. The molecule has 0 aliphatic carbocycles. The lowest BCUT2D eigenvalue weighted by Crippen LogP contribution is -2.20. The fraction of sp³-hybridized carbons (Fsp3) is 0.364. The number of carbonyl (C=O) groups excluding carboxylic acids is 1. The quantitative estimate of drug-likeness (QED) is 0.565. The van der Waals surface area contributed by atoms with Crippen molar-refractivity contribution in [2.45, 2.75) is 18.8 Å². The average Bonchev–Trinajstić information content (AvgIpc) is 2.17. The monoisotopic (exact) mass is 208 g/mol. The van der Waals surface area contributed by atoms with Crippen molar-refractivity contribution in [1.82, 2.24) is 0 Å². The van der Waals surface area contributed by atoms with E-state index >= 15 is 0 Å². The molecule has 0 saturated heterocycles. The maximum Gasteiger partial charge on any atom is 0.311 e. The van der Waals surface area contributed by atoms with Crippen LogP contribution >= 0.6 is 0 Å². The van der Waals surface area contributed by atoms with Gasteiger partial charge in [-0.05, 0) is 18.1 Å². The van der Waals surface area contributed by atoms with Crippen LogP contribution in [0.1, 0.15) is 24.3 Å². The van der Waals surface area contributed by atoms with Crippen LogP contribution in [0.5, 0.6) is 11.5 Å². The van der Waals surface area contributed by atoms with E-state index in [0.29, 0.717) is 18.6 Å². The summed E-state index contributed by atoms with van der Waals surface area (Å²) < 4.78 is 5.01. The molecule has 0 aromatic heterocycles. The summed E-state index contributed by atoms with van der Waals surface area (Å²) in [6.45, 7) is 0.0399. The van der Waals surface area contributed by atoms with Gasteiger partial charge in [-0.25, -0.2) is 0 Å². The number of aliphatic hydroxyl groups excluding tert-OH is 1. The van der Waals surface area contributed by atoms with Crippen LogP contribution in [0.25, 0.3) is 0 Å². The number of phenolic OH excluding ortho intramolecular Hbond substituents is 1. The van der Waals surface area contributed by atoms with Crippen molar-refractivity contribution in [2.24, 2.45) is 0 Å². The van der Waals surface area contributed by atoms with Crippen molar-refractivity contribution in [3.05, 3.63) is 23.8 Å². The number of hydrogen-bond donors (Lipinski definition) is 2. The zero-order valence-electron chi connectivity index (χ0n) is 8.14. The van der Waals surface area contributed by atoms with E-state index < -0.39 is 0 Å². The molecule has 2 N–H and O–H groups in total. The predicted molar refractivity (Wildman–Crippen MR) is 52.8 cm³/mol. The van der Waals surface area contributed by atoms with Crippen molar-refractivity contribution < 1.29 is 19.7 Å². The zero-order chi connectivity index (χ0) is 10.8. The molecule has 1 aromatic rings. The fourth-order valence-corrected chi connectivity index (χ4v) is 1.84. The number of carbonyl (C=O) groups is 1. The van der Waals surface area contributed by atoms with Gasteiger partial charge in [0.15, 0.2) is 0 Å². The minimum atomic E-state index is -0.313. The van der Waals surface area contributed by atoms with E-state index in [1.165, 1.54) is 6.07 Å². The van der Waals surface area contributed by atoms with Crippen LogP contribution in [-0.4, -0.2) is 22.8 Å². The number of benzene rings is 1. The molecular formula is C11H12O4. The molecule has 1 heterocycles. The molecule has 15 heavy (non-hydrogen) atoms. The van der Waals surface area contributed by atoms with Crippen LogP contribution < -0.4 is 4.74 Å². The Morgan fingerprint density at radius 3 is 3.00 bits per heavy atom. The highest BCUT2D eigenvalue weighted by Gasteiger charge is 2.26. The average molecular weight is 208 g/mol. The lowest BCUT2D eigenvalue weighted by Gasteiger charge is -2.23. The van der Waals surface area contributed by atoms with E-state index in [1.54, 1.807) is 12.1 Å². The normalized spacial score (nSPS) is 19.5. The molecule has 1 aromatic carbocycles. The van der Waals surface area contributed by atoms with E-state index in [1.807, 2.05) is 0 Å². The van der Waals surface area contributed by atoms with Gasteiger partial charge in [0.1, 0.15) is 11.5 Å². The summed E-state index contributed by atoms with van der Waals surface area (Å²) in [7, 11) is 0. The van der Waals surface area contributed by atoms with Gasteiger partial charge in [0.25, 0.3) is 0 Å². The number of fused-ring (bicyclic) bond motifs is 1. The van der Waals surface area contributed by atoms with E-state index in [-0.39, 0.29) is 24.2 Å². The first-order chi connectivity index (χ1) is 7.20. The first kappa shape index (κ1) is 9.98. The van der Waals surface area contributed by atoms with Crippen molar-refractivity contribution in [3.63, 3.8) is 0 Å². The van der Waals surface area contributed by atoms with E-state index in [4.69, 9.17) is 9.84 Å². The highest BCUT2D eigenvalue weighted by Crippen LogP contribution is 2.37. The second-order valence-corrected chi connectivity index (χ2v) is 3.61. The summed E-state index contributed by atoms with van der Waals surface area (Å²) >= 11 is 0. The zero-order valence-corrected chi connectivity index (χ0v) is 8.14. The molecule has 0 radical (unpaired) electrons. The molecule has 0 bridgehead atoms. The highest BCUT2D eigenvalue weighted by atomic mass is 16.5. The van der Waals surface area contributed by atoms with Crippen molar-refractivity contribution in [2.75, 3.05) is 6.61 Å².